The summed E-state index contributed by atoms with van der Waals surface area (Å²) in [6.45, 7) is 0. The summed E-state index contributed by atoms with van der Waals surface area (Å²) in [5, 5.41) is 4.22. The van der Waals surface area contributed by atoms with E-state index in [4.69, 9.17) is 4.74 Å². The molecule has 0 aliphatic rings. The molecule has 0 spiro atoms. The van der Waals surface area contributed by atoms with Gasteiger partial charge in [-0.15, -0.1) is 0 Å². The van der Waals surface area contributed by atoms with Crippen LogP contribution in [0.1, 0.15) is 10.4 Å². The summed E-state index contributed by atoms with van der Waals surface area (Å²) in [5.74, 6) is -0.396. The second-order valence-corrected chi connectivity index (χ2v) is 7.96. The second-order valence-electron chi connectivity index (χ2n) is 6.28. The van der Waals surface area contributed by atoms with E-state index in [1.807, 2.05) is 6.07 Å². The summed E-state index contributed by atoms with van der Waals surface area (Å²) < 4.78 is 35.0. The molecule has 7 nitrogen and oxygen atoms in total. The molecular weight excluding hydrogens is 402 g/mol. The zero-order valence-electron chi connectivity index (χ0n) is 15.7. The fourth-order valence-corrected chi connectivity index (χ4v) is 3.88. The Morgan fingerprint density at radius 2 is 1.40 bits per heavy atom. The molecule has 150 valence electrons. The number of nitrogens with zero attached hydrogens (tertiary/aromatic N) is 2. The van der Waals surface area contributed by atoms with Gasteiger partial charge >= 0.3 is 5.97 Å². The van der Waals surface area contributed by atoms with Crippen molar-refractivity contribution in [3.05, 3.63) is 103 Å². The van der Waals surface area contributed by atoms with Crippen LogP contribution in [0.3, 0.4) is 0 Å². The zero-order chi connectivity index (χ0) is 21.0. The summed E-state index contributed by atoms with van der Waals surface area (Å²) >= 11 is 0. The van der Waals surface area contributed by atoms with Gasteiger partial charge in [0, 0.05) is 0 Å². The highest BCUT2D eigenvalue weighted by atomic mass is 32.2. The molecule has 4 rings (SSSR count). The summed E-state index contributed by atoms with van der Waals surface area (Å²) in [5.41, 5.74) is 0.573. The number of para-hydroxylation sites is 2. The zero-order valence-corrected chi connectivity index (χ0v) is 16.5. The number of benzene rings is 3. The Bertz CT molecular complexity index is 1260. The van der Waals surface area contributed by atoms with Crippen molar-refractivity contribution >= 4 is 21.8 Å². The molecule has 1 aromatic heterocycles. The van der Waals surface area contributed by atoms with Crippen LogP contribution < -0.4 is 9.46 Å². The van der Waals surface area contributed by atoms with E-state index in [1.54, 1.807) is 72.8 Å². The highest BCUT2D eigenvalue weighted by Crippen LogP contribution is 2.25. The Morgan fingerprint density at radius 3 is 2.03 bits per heavy atom. The van der Waals surface area contributed by atoms with Gasteiger partial charge in [-0.2, -0.15) is 5.10 Å². The first-order valence-corrected chi connectivity index (χ1v) is 10.5. The second kappa shape index (κ2) is 8.22. The number of anilines is 1. The van der Waals surface area contributed by atoms with Crippen molar-refractivity contribution in [1.29, 1.82) is 0 Å². The lowest BCUT2D eigenvalue weighted by molar-refractivity contribution is 0.0736. The Kier molecular flexibility index (Phi) is 5.32. The minimum Gasteiger partial charge on any atom is -0.423 e. The number of esters is 1. The molecule has 0 saturated heterocycles. The van der Waals surface area contributed by atoms with Crippen LogP contribution in [0.15, 0.2) is 102 Å². The van der Waals surface area contributed by atoms with E-state index in [0.29, 0.717) is 11.4 Å². The molecule has 3 aromatic carbocycles. The van der Waals surface area contributed by atoms with Gasteiger partial charge in [-0.3, -0.25) is 4.72 Å². The van der Waals surface area contributed by atoms with E-state index in [9.17, 15) is 13.2 Å². The maximum atomic E-state index is 12.9. The number of ether oxygens (including phenoxy) is 1. The topological polar surface area (TPSA) is 90.3 Å². The quantitative estimate of drug-likeness (QED) is 0.378. The Balaban J connectivity index is 1.76. The van der Waals surface area contributed by atoms with Gasteiger partial charge in [-0.25, -0.2) is 17.9 Å². The molecule has 0 bridgehead atoms. The predicted molar refractivity (Wildman–Crippen MR) is 112 cm³/mol. The fourth-order valence-electron chi connectivity index (χ4n) is 2.80. The predicted octanol–water partition coefficient (Wildman–Crippen LogP) is 3.89. The standard InChI is InChI=1S/C22H17N3O4S/c26-22(29-18-12-6-2-7-13-18)20-16-23-25(17-10-4-1-5-11-17)21(20)24-30(27,28)19-14-8-3-9-15-19/h1-16,24H. The van der Waals surface area contributed by atoms with E-state index in [2.05, 4.69) is 9.82 Å². The van der Waals surface area contributed by atoms with Crippen molar-refractivity contribution in [1.82, 2.24) is 9.78 Å². The number of carbonyl (C=O) groups excluding carboxylic acids is 1. The summed E-state index contributed by atoms with van der Waals surface area (Å²) in [6, 6.07) is 25.3. The average Bonchev–Trinajstić information content (AvgIpc) is 3.18. The van der Waals surface area contributed by atoms with E-state index in [-0.39, 0.29) is 16.3 Å². The highest BCUT2D eigenvalue weighted by molar-refractivity contribution is 7.92. The SMILES string of the molecule is O=C(Oc1ccccc1)c1cnn(-c2ccccc2)c1NS(=O)(=O)c1ccccc1. The van der Waals surface area contributed by atoms with Crippen LogP contribution in [0.4, 0.5) is 5.82 Å². The van der Waals surface area contributed by atoms with Crippen molar-refractivity contribution in [2.45, 2.75) is 4.90 Å². The Hall–Kier alpha value is -3.91. The summed E-state index contributed by atoms with van der Waals surface area (Å²) in [7, 11) is -3.96. The van der Waals surface area contributed by atoms with Gasteiger partial charge in [-0.05, 0) is 36.4 Å². The molecule has 4 aromatic rings. The van der Waals surface area contributed by atoms with Crippen molar-refractivity contribution in [3.63, 3.8) is 0 Å². The van der Waals surface area contributed by atoms with Crippen molar-refractivity contribution in [3.8, 4) is 11.4 Å². The van der Waals surface area contributed by atoms with Gasteiger partial charge in [0.1, 0.15) is 11.3 Å². The largest absolute Gasteiger partial charge is 0.423 e. The van der Waals surface area contributed by atoms with E-state index in [0.717, 1.165) is 0 Å². The fraction of sp³-hybridized carbons (Fsp3) is 0. The van der Waals surface area contributed by atoms with Crippen molar-refractivity contribution < 1.29 is 17.9 Å². The van der Waals surface area contributed by atoms with Gasteiger partial charge in [0.2, 0.25) is 0 Å². The van der Waals surface area contributed by atoms with Gasteiger partial charge in [0.25, 0.3) is 10.0 Å². The molecule has 1 N–H and O–H groups in total. The van der Waals surface area contributed by atoms with E-state index in [1.165, 1.54) is 23.0 Å². The molecular formula is C22H17N3O4S. The van der Waals surface area contributed by atoms with Crippen molar-refractivity contribution in [2.75, 3.05) is 4.72 Å². The van der Waals surface area contributed by atoms with Crippen LogP contribution >= 0.6 is 0 Å². The number of sulfonamides is 1. The summed E-state index contributed by atoms with van der Waals surface area (Å²) in [4.78, 5) is 12.9. The molecule has 0 atom stereocenters. The van der Waals surface area contributed by atoms with Gasteiger partial charge < -0.3 is 4.74 Å². The van der Waals surface area contributed by atoms with E-state index >= 15 is 0 Å². The molecule has 30 heavy (non-hydrogen) atoms. The first kappa shape index (κ1) is 19.4. The first-order chi connectivity index (χ1) is 14.5. The lowest BCUT2D eigenvalue weighted by Gasteiger charge is -2.12. The third-order valence-corrected chi connectivity index (χ3v) is 5.58. The maximum Gasteiger partial charge on any atom is 0.349 e. The van der Waals surface area contributed by atoms with Crippen LogP contribution in [-0.2, 0) is 10.0 Å². The van der Waals surface area contributed by atoms with Crippen LogP contribution in [0.25, 0.3) is 5.69 Å². The van der Waals surface area contributed by atoms with Crippen LogP contribution in [0.2, 0.25) is 0 Å². The number of aromatic nitrogens is 2. The lowest BCUT2D eigenvalue weighted by atomic mass is 10.3. The van der Waals surface area contributed by atoms with Gasteiger partial charge in [0.15, 0.2) is 5.82 Å². The molecule has 8 heteroatoms. The van der Waals surface area contributed by atoms with Crippen LogP contribution in [0.5, 0.6) is 5.75 Å². The minimum absolute atomic E-state index is 0.00835. The molecule has 0 unspecified atom stereocenters. The highest BCUT2D eigenvalue weighted by Gasteiger charge is 2.25. The molecule has 0 amide bonds. The normalized spacial score (nSPS) is 11.1. The number of rotatable bonds is 6. The molecule has 0 aliphatic carbocycles. The average molecular weight is 419 g/mol. The number of carbonyl (C=O) groups is 1. The maximum absolute atomic E-state index is 12.9. The number of hydrogen-bond acceptors (Lipinski definition) is 5. The molecule has 0 radical (unpaired) electrons. The smallest absolute Gasteiger partial charge is 0.349 e. The molecule has 0 aliphatic heterocycles. The van der Waals surface area contributed by atoms with Crippen LogP contribution in [-0.4, -0.2) is 24.2 Å². The van der Waals surface area contributed by atoms with Crippen molar-refractivity contribution in [2.24, 2.45) is 0 Å². The molecule has 0 fully saturated rings. The third kappa shape index (κ3) is 4.08. The minimum atomic E-state index is -3.96. The molecule has 0 saturated carbocycles. The van der Waals surface area contributed by atoms with Crippen LogP contribution in [0, 0.1) is 0 Å². The lowest BCUT2D eigenvalue weighted by Crippen LogP contribution is -2.19. The third-order valence-electron chi connectivity index (χ3n) is 4.23. The Morgan fingerprint density at radius 1 is 0.833 bits per heavy atom. The Labute approximate surface area is 173 Å². The first-order valence-electron chi connectivity index (χ1n) is 9.03. The number of hydrogen-bond donors (Lipinski definition) is 1. The summed E-state index contributed by atoms with van der Waals surface area (Å²) in [6.07, 6.45) is 1.28. The number of nitrogens with one attached hydrogen (secondary N) is 1. The van der Waals surface area contributed by atoms with Gasteiger partial charge in [0.05, 0.1) is 16.8 Å². The molecule has 1 heterocycles. The van der Waals surface area contributed by atoms with Gasteiger partial charge in [-0.1, -0.05) is 54.6 Å². The van der Waals surface area contributed by atoms with E-state index < -0.39 is 16.0 Å². The monoisotopic (exact) mass is 419 g/mol.